The second-order valence-corrected chi connectivity index (χ2v) is 6.16. The summed E-state index contributed by atoms with van der Waals surface area (Å²) in [6.45, 7) is 1.87. The highest BCUT2D eigenvalue weighted by Crippen LogP contribution is 2.23. The number of carbonyl (C=O) groups excluding carboxylic acids is 1. The number of aliphatic hydroxyl groups excluding tert-OH is 1. The molecule has 0 saturated carbocycles. The Morgan fingerprint density at radius 2 is 2.17 bits per heavy atom. The molecule has 0 aliphatic carbocycles. The van der Waals surface area contributed by atoms with E-state index in [1.54, 1.807) is 24.3 Å². The van der Waals surface area contributed by atoms with Crippen molar-refractivity contribution in [2.45, 2.75) is 19.6 Å². The van der Waals surface area contributed by atoms with Crippen molar-refractivity contribution in [3.63, 3.8) is 0 Å². The first kappa shape index (κ1) is 15.5. The number of aryl methyl sites for hydroxylation is 1. The fourth-order valence-electron chi connectivity index (χ4n) is 2.39. The first-order valence-electron chi connectivity index (χ1n) is 7.13. The summed E-state index contributed by atoms with van der Waals surface area (Å²) in [6.07, 6.45) is -0.753. The number of aliphatic hydroxyl groups is 1. The van der Waals surface area contributed by atoms with Gasteiger partial charge in [0.25, 0.3) is 0 Å². The van der Waals surface area contributed by atoms with E-state index in [4.69, 9.17) is 4.42 Å². The van der Waals surface area contributed by atoms with Crippen molar-refractivity contribution in [3.05, 3.63) is 56.7 Å². The van der Waals surface area contributed by atoms with E-state index in [0.717, 1.165) is 10.4 Å². The van der Waals surface area contributed by atoms with Crippen LogP contribution in [0.5, 0.6) is 0 Å². The highest BCUT2D eigenvalue weighted by atomic mass is 32.1. The number of oxazole rings is 1. The summed E-state index contributed by atoms with van der Waals surface area (Å²) < 4.78 is 6.35. The molecule has 3 aromatic rings. The van der Waals surface area contributed by atoms with Gasteiger partial charge >= 0.3 is 5.76 Å². The van der Waals surface area contributed by atoms with Crippen LogP contribution in [0.1, 0.15) is 16.5 Å². The number of hydrogen-bond donors (Lipinski definition) is 2. The van der Waals surface area contributed by atoms with E-state index in [9.17, 15) is 14.7 Å². The number of rotatable bonds is 5. The smallest absolute Gasteiger partial charge is 0.408 e. The summed E-state index contributed by atoms with van der Waals surface area (Å²) in [5.74, 6) is -0.928. The van der Waals surface area contributed by atoms with Crippen molar-refractivity contribution < 1.29 is 14.3 Å². The molecule has 0 saturated heterocycles. The summed E-state index contributed by atoms with van der Waals surface area (Å²) >= 11 is 1.45. The fourth-order valence-corrected chi connectivity index (χ4v) is 3.31. The van der Waals surface area contributed by atoms with Crippen molar-refractivity contribution >= 4 is 28.3 Å². The highest BCUT2D eigenvalue weighted by molar-refractivity contribution is 7.10. The molecule has 120 valence electrons. The fraction of sp³-hybridized carbons (Fsp3) is 0.250. The quantitative estimate of drug-likeness (QED) is 0.746. The van der Waals surface area contributed by atoms with Crippen molar-refractivity contribution in [2.24, 2.45) is 0 Å². The molecule has 1 unspecified atom stereocenters. The topological polar surface area (TPSA) is 84.5 Å². The largest absolute Gasteiger partial charge is 0.420 e. The molecule has 1 atom stereocenters. The molecule has 7 heteroatoms. The number of carbonyl (C=O) groups is 1. The maximum Gasteiger partial charge on any atom is 0.420 e. The van der Waals surface area contributed by atoms with Gasteiger partial charge in [-0.3, -0.25) is 9.36 Å². The lowest BCUT2D eigenvalue weighted by Crippen LogP contribution is -2.33. The normalized spacial score (nSPS) is 12.4. The number of aromatic nitrogens is 1. The average Bonchev–Trinajstić information content (AvgIpc) is 3.09. The minimum atomic E-state index is -0.753. The molecule has 1 aromatic carbocycles. The minimum absolute atomic E-state index is 0.102. The molecule has 23 heavy (non-hydrogen) atoms. The molecular formula is C16H16N2O4S. The van der Waals surface area contributed by atoms with Gasteiger partial charge in [0.05, 0.1) is 5.52 Å². The summed E-state index contributed by atoms with van der Waals surface area (Å²) in [7, 11) is 0. The Hall–Kier alpha value is -2.38. The Balaban J connectivity index is 1.66. The Labute approximate surface area is 136 Å². The van der Waals surface area contributed by atoms with Crippen LogP contribution in [0.3, 0.4) is 0 Å². The third-order valence-electron chi connectivity index (χ3n) is 3.57. The van der Waals surface area contributed by atoms with Crippen LogP contribution < -0.4 is 11.1 Å². The van der Waals surface area contributed by atoms with E-state index in [1.165, 1.54) is 15.9 Å². The van der Waals surface area contributed by atoms with Gasteiger partial charge in [-0.1, -0.05) is 12.1 Å². The maximum atomic E-state index is 12.0. The van der Waals surface area contributed by atoms with Crippen LogP contribution >= 0.6 is 11.3 Å². The van der Waals surface area contributed by atoms with Crippen LogP contribution in [0.4, 0.5) is 0 Å². The second-order valence-electron chi connectivity index (χ2n) is 5.21. The third kappa shape index (κ3) is 3.20. The van der Waals surface area contributed by atoms with E-state index >= 15 is 0 Å². The van der Waals surface area contributed by atoms with Crippen LogP contribution in [0.2, 0.25) is 0 Å². The average molecular weight is 332 g/mol. The molecule has 0 aliphatic rings. The number of hydrogen-bond acceptors (Lipinski definition) is 5. The molecule has 0 spiro atoms. The van der Waals surface area contributed by atoms with Gasteiger partial charge in [0.2, 0.25) is 5.91 Å². The Bertz CT molecular complexity index is 893. The molecule has 2 heterocycles. The van der Waals surface area contributed by atoms with Crippen LogP contribution in [0.15, 0.2) is 44.9 Å². The molecule has 2 N–H and O–H groups in total. The monoisotopic (exact) mass is 332 g/mol. The van der Waals surface area contributed by atoms with Crippen LogP contribution in [0, 0.1) is 6.92 Å². The van der Waals surface area contributed by atoms with Gasteiger partial charge in [-0.15, -0.1) is 11.3 Å². The van der Waals surface area contributed by atoms with Gasteiger partial charge in [0.15, 0.2) is 5.58 Å². The summed E-state index contributed by atoms with van der Waals surface area (Å²) in [5.41, 5.74) is 2.01. The molecule has 0 radical (unpaired) electrons. The SMILES string of the molecule is Cc1ccsc1C(O)CNC(=O)Cn1c(=O)oc2ccccc21. The van der Waals surface area contributed by atoms with Gasteiger partial charge in [0.1, 0.15) is 12.6 Å². The first-order chi connectivity index (χ1) is 11.1. The zero-order valence-electron chi connectivity index (χ0n) is 12.5. The summed E-state index contributed by atoms with van der Waals surface area (Å²) in [4.78, 5) is 24.7. The van der Waals surface area contributed by atoms with Crippen molar-refractivity contribution in [1.29, 1.82) is 0 Å². The lowest BCUT2D eigenvalue weighted by Gasteiger charge is -2.11. The summed E-state index contributed by atoms with van der Waals surface area (Å²) in [5, 5.41) is 14.6. The van der Waals surface area contributed by atoms with Gasteiger partial charge in [-0.25, -0.2) is 4.79 Å². The number of amides is 1. The predicted molar refractivity (Wildman–Crippen MR) is 87.5 cm³/mol. The highest BCUT2D eigenvalue weighted by Gasteiger charge is 2.15. The van der Waals surface area contributed by atoms with E-state index < -0.39 is 11.9 Å². The van der Waals surface area contributed by atoms with Crippen LogP contribution in [-0.4, -0.2) is 22.1 Å². The molecule has 1 amide bonds. The minimum Gasteiger partial charge on any atom is -0.408 e. The number of fused-ring (bicyclic) bond motifs is 1. The zero-order chi connectivity index (χ0) is 16.4. The number of para-hydroxylation sites is 2. The molecule has 6 nitrogen and oxygen atoms in total. The Morgan fingerprint density at radius 1 is 1.39 bits per heavy atom. The van der Waals surface area contributed by atoms with Crippen LogP contribution in [-0.2, 0) is 11.3 Å². The van der Waals surface area contributed by atoms with E-state index in [1.807, 2.05) is 18.4 Å². The number of benzene rings is 1. The summed E-state index contributed by atoms with van der Waals surface area (Å²) in [6, 6.07) is 8.85. The molecule has 0 aliphatic heterocycles. The first-order valence-corrected chi connectivity index (χ1v) is 8.01. The molecule has 3 rings (SSSR count). The predicted octanol–water partition coefficient (Wildman–Crippen LogP) is 1.81. The maximum absolute atomic E-state index is 12.0. The van der Waals surface area contributed by atoms with Gasteiger partial charge in [-0.2, -0.15) is 0 Å². The van der Waals surface area contributed by atoms with Gasteiger partial charge in [-0.05, 0) is 36.1 Å². The Morgan fingerprint density at radius 3 is 2.91 bits per heavy atom. The molecule has 0 fully saturated rings. The number of nitrogens with one attached hydrogen (secondary N) is 1. The Kier molecular flexibility index (Phi) is 4.31. The second kappa shape index (κ2) is 6.39. The van der Waals surface area contributed by atoms with Gasteiger partial charge in [0, 0.05) is 11.4 Å². The van der Waals surface area contributed by atoms with E-state index in [2.05, 4.69) is 5.32 Å². The lowest BCUT2D eigenvalue weighted by molar-refractivity contribution is -0.122. The van der Waals surface area contributed by atoms with Crippen molar-refractivity contribution in [1.82, 2.24) is 9.88 Å². The third-order valence-corrected chi connectivity index (χ3v) is 4.69. The number of nitrogens with zero attached hydrogens (tertiary/aromatic N) is 1. The van der Waals surface area contributed by atoms with E-state index in [0.29, 0.717) is 11.1 Å². The zero-order valence-corrected chi connectivity index (χ0v) is 13.3. The van der Waals surface area contributed by atoms with E-state index in [-0.39, 0.29) is 19.0 Å². The molecule has 0 bridgehead atoms. The van der Waals surface area contributed by atoms with Gasteiger partial charge < -0.3 is 14.8 Å². The van der Waals surface area contributed by atoms with Crippen molar-refractivity contribution in [3.8, 4) is 0 Å². The standard InChI is InChI=1S/C16H16N2O4S/c1-10-6-7-23-15(10)12(19)8-17-14(20)9-18-11-4-2-3-5-13(11)22-16(18)21/h2-7,12,19H,8-9H2,1H3,(H,17,20). The lowest BCUT2D eigenvalue weighted by atomic mass is 10.2. The molecule has 2 aromatic heterocycles. The van der Waals surface area contributed by atoms with Crippen LogP contribution in [0.25, 0.3) is 11.1 Å². The number of thiophene rings is 1. The van der Waals surface area contributed by atoms with Crippen molar-refractivity contribution in [2.75, 3.05) is 6.54 Å². The molecular weight excluding hydrogens is 316 g/mol.